The van der Waals surface area contributed by atoms with Crippen molar-refractivity contribution in [3.05, 3.63) is 46.5 Å². The second kappa shape index (κ2) is 8.93. The van der Waals surface area contributed by atoms with Crippen LogP contribution in [-0.2, 0) is 20.7 Å². The van der Waals surface area contributed by atoms with Gasteiger partial charge in [-0.3, -0.25) is 4.79 Å². The van der Waals surface area contributed by atoms with Crippen LogP contribution in [0.2, 0.25) is 0 Å². The van der Waals surface area contributed by atoms with E-state index in [0.717, 1.165) is 10.9 Å². The fourth-order valence-electron chi connectivity index (χ4n) is 1.95. The Morgan fingerprint density at radius 2 is 2.05 bits per heavy atom. The highest BCUT2D eigenvalue weighted by molar-refractivity contribution is 9.10. The van der Waals surface area contributed by atoms with Gasteiger partial charge in [0.1, 0.15) is 0 Å². The third-order valence-corrected chi connectivity index (χ3v) is 3.99. The van der Waals surface area contributed by atoms with Gasteiger partial charge in [0.25, 0.3) is 0 Å². The number of esters is 1. The number of halogens is 1. The van der Waals surface area contributed by atoms with Gasteiger partial charge in [0.15, 0.2) is 0 Å². The minimum Gasteiger partial charge on any atom is -0.469 e. The van der Waals surface area contributed by atoms with Crippen LogP contribution >= 0.6 is 15.9 Å². The number of hydrogen-bond donors (Lipinski definition) is 0. The van der Waals surface area contributed by atoms with Crippen LogP contribution in [0.4, 0.5) is 0 Å². The standard InChI is InChI=1S/C16H21BrO3/c1-12(7-6-10-16(18)20-3)15(19-2)11-13-8-4-5-9-14(13)17/h4-9,12,15H,10-11H2,1-3H3/t12-,15-/m1/s1. The molecular formula is C16H21BrO3. The van der Waals surface area contributed by atoms with Gasteiger partial charge in [-0.05, 0) is 11.6 Å². The molecule has 0 aliphatic carbocycles. The number of rotatable bonds is 7. The lowest BCUT2D eigenvalue weighted by Crippen LogP contribution is -2.22. The van der Waals surface area contributed by atoms with Gasteiger partial charge < -0.3 is 9.47 Å². The van der Waals surface area contributed by atoms with E-state index in [9.17, 15) is 4.79 Å². The van der Waals surface area contributed by atoms with Crippen LogP contribution in [0, 0.1) is 5.92 Å². The summed E-state index contributed by atoms with van der Waals surface area (Å²) in [7, 11) is 3.11. The Labute approximate surface area is 129 Å². The molecule has 0 unspecified atom stereocenters. The molecule has 2 atom stereocenters. The van der Waals surface area contributed by atoms with Crippen molar-refractivity contribution >= 4 is 21.9 Å². The molecule has 0 heterocycles. The molecule has 0 amide bonds. The van der Waals surface area contributed by atoms with E-state index in [1.807, 2.05) is 30.4 Å². The molecular weight excluding hydrogens is 320 g/mol. The number of hydrogen-bond acceptors (Lipinski definition) is 3. The Hall–Kier alpha value is -1.13. The first-order valence-electron chi connectivity index (χ1n) is 6.58. The summed E-state index contributed by atoms with van der Waals surface area (Å²) in [5, 5.41) is 0. The van der Waals surface area contributed by atoms with E-state index in [1.54, 1.807) is 7.11 Å². The fourth-order valence-corrected chi connectivity index (χ4v) is 2.40. The molecule has 0 saturated carbocycles. The third-order valence-electron chi connectivity index (χ3n) is 3.22. The highest BCUT2D eigenvalue weighted by Gasteiger charge is 2.16. The molecule has 3 nitrogen and oxygen atoms in total. The maximum absolute atomic E-state index is 11.1. The van der Waals surface area contributed by atoms with Crippen molar-refractivity contribution in [1.82, 2.24) is 0 Å². The van der Waals surface area contributed by atoms with E-state index in [4.69, 9.17) is 4.74 Å². The summed E-state index contributed by atoms with van der Waals surface area (Å²) in [6, 6.07) is 8.13. The highest BCUT2D eigenvalue weighted by atomic mass is 79.9. The number of carbonyl (C=O) groups excluding carboxylic acids is 1. The maximum atomic E-state index is 11.1. The highest BCUT2D eigenvalue weighted by Crippen LogP contribution is 2.21. The minimum atomic E-state index is -0.228. The Morgan fingerprint density at radius 1 is 1.35 bits per heavy atom. The largest absolute Gasteiger partial charge is 0.469 e. The van der Waals surface area contributed by atoms with Crippen molar-refractivity contribution in [2.24, 2.45) is 5.92 Å². The molecule has 110 valence electrons. The Balaban J connectivity index is 2.61. The first kappa shape index (κ1) is 16.9. The van der Waals surface area contributed by atoms with Crippen LogP contribution in [0.3, 0.4) is 0 Å². The quantitative estimate of drug-likeness (QED) is 0.560. The van der Waals surface area contributed by atoms with Gasteiger partial charge in [-0.1, -0.05) is 53.2 Å². The van der Waals surface area contributed by atoms with Gasteiger partial charge in [-0.2, -0.15) is 0 Å². The van der Waals surface area contributed by atoms with Crippen molar-refractivity contribution < 1.29 is 14.3 Å². The van der Waals surface area contributed by atoms with Gasteiger partial charge in [0, 0.05) is 23.9 Å². The summed E-state index contributed by atoms with van der Waals surface area (Å²) in [5.74, 6) is -0.00928. The fraction of sp³-hybridized carbons (Fsp3) is 0.438. The zero-order valence-electron chi connectivity index (χ0n) is 12.1. The Bertz CT molecular complexity index is 457. The Kier molecular flexibility index (Phi) is 7.55. The predicted molar refractivity (Wildman–Crippen MR) is 83.6 cm³/mol. The number of methoxy groups -OCH3 is 2. The molecule has 4 heteroatoms. The van der Waals surface area contributed by atoms with Crippen molar-refractivity contribution in [2.75, 3.05) is 14.2 Å². The zero-order valence-corrected chi connectivity index (χ0v) is 13.7. The molecule has 0 bridgehead atoms. The number of carbonyl (C=O) groups is 1. The van der Waals surface area contributed by atoms with Crippen molar-refractivity contribution in [1.29, 1.82) is 0 Å². The molecule has 0 spiro atoms. The summed E-state index contributed by atoms with van der Waals surface area (Å²) in [6.07, 6.45) is 5.03. The molecule has 0 saturated heterocycles. The molecule has 0 radical (unpaired) electrons. The maximum Gasteiger partial charge on any atom is 0.309 e. The van der Waals surface area contributed by atoms with Gasteiger partial charge in [0.05, 0.1) is 19.6 Å². The normalized spacial score (nSPS) is 14.2. The second-order valence-electron chi connectivity index (χ2n) is 4.64. The first-order valence-corrected chi connectivity index (χ1v) is 7.37. The van der Waals surface area contributed by atoms with Crippen molar-refractivity contribution in [2.45, 2.75) is 25.9 Å². The number of ether oxygens (including phenoxy) is 2. The summed E-state index contributed by atoms with van der Waals surface area (Å²) in [4.78, 5) is 11.1. The summed E-state index contributed by atoms with van der Waals surface area (Å²) in [5.41, 5.74) is 1.22. The second-order valence-corrected chi connectivity index (χ2v) is 5.49. The monoisotopic (exact) mass is 340 g/mol. The van der Waals surface area contributed by atoms with Crippen LogP contribution in [0.1, 0.15) is 18.9 Å². The molecule has 0 N–H and O–H groups in total. The Morgan fingerprint density at radius 3 is 2.65 bits per heavy atom. The summed E-state index contributed by atoms with van der Waals surface area (Å²) >= 11 is 3.55. The molecule has 0 aliphatic heterocycles. The van der Waals surface area contributed by atoms with E-state index in [0.29, 0.717) is 6.42 Å². The van der Waals surface area contributed by atoms with Crippen LogP contribution in [0.5, 0.6) is 0 Å². The van der Waals surface area contributed by atoms with E-state index in [-0.39, 0.29) is 18.0 Å². The number of benzene rings is 1. The molecule has 1 aromatic rings. The lowest BCUT2D eigenvalue weighted by Gasteiger charge is -2.20. The molecule has 1 aromatic carbocycles. The summed E-state index contributed by atoms with van der Waals surface area (Å²) < 4.78 is 11.3. The van der Waals surface area contributed by atoms with E-state index >= 15 is 0 Å². The van der Waals surface area contributed by atoms with E-state index < -0.39 is 0 Å². The predicted octanol–water partition coefficient (Wildman–Crippen LogP) is 3.76. The van der Waals surface area contributed by atoms with Crippen molar-refractivity contribution in [3.8, 4) is 0 Å². The zero-order chi connectivity index (χ0) is 15.0. The van der Waals surface area contributed by atoms with Gasteiger partial charge in [-0.25, -0.2) is 0 Å². The van der Waals surface area contributed by atoms with E-state index in [2.05, 4.69) is 33.7 Å². The summed E-state index contributed by atoms with van der Waals surface area (Å²) in [6.45, 7) is 2.08. The average molecular weight is 341 g/mol. The van der Waals surface area contributed by atoms with Crippen LogP contribution < -0.4 is 0 Å². The van der Waals surface area contributed by atoms with Gasteiger partial charge in [0.2, 0.25) is 0 Å². The molecule has 0 aliphatic rings. The molecule has 0 aromatic heterocycles. The lowest BCUT2D eigenvalue weighted by atomic mass is 9.97. The van der Waals surface area contributed by atoms with Gasteiger partial charge >= 0.3 is 5.97 Å². The average Bonchev–Trinajstić information content (AvgIpc) is 2.46. The first-order chi connectivity index (χ1) is 9.58. The molecule has 20 heavy (non-hydrogen) atoms. The van der Waals surface area contributed by atoms with Gasteiger partial charge in [-0.15, -0.1) is 0 Å². The van der Waals surface area contributed by atoms with Crippen LogP contribution in [0.15, 0.2) is 40.9 Å². The van der Waals surface area contributed by atoms with Crippen molar-refractivity contribution in [3.63, 3.8) is 0 Å². The van der Waals surface area contributed by atoms with Crippen LogP contribution in [-0.4, -0.2) is 26.3 Å². The molecule has 0 fully saturated rings. The SMILES string of the molecule is COC(=O)CC=C[C@@H](C)[C@@H](Cc1ccccc1Br)OC. The third kappa shape index (κ3) is 5.47. The van der Waals surface area contributed by atoms with Crippen LogP contribution in [0.25, 0.3) is 0 Å². The molecule has 1 rings (SSSR count). The topological polar surface area (TPSA) is 35.5 Å². The smallest absolute Gasteiger partial charge is 0.309 e. The minimum absolute atomic E-state index is 0.0718. The van der Waals surface area contributed by atoms with E-state index in [1.165, 1.54) is 12.7 Å². The lowest BCUT2D eigenvalue weighted by molar-refractivity contribution is -0.139.